The van der Waals surface area contributed by atoms with Gasteiger partial charge in [0.2, 0.25) is 11.8 Å². The van der Waals surface area contributed by atoms with Crippen LogP contribution < -0.4 is 5.32 Å². The van der Waals surface area contributed by atoms with Crippen molar-refractivity contribution >= 4 is 11.8 Å². The molecule has 0 atom stereocenters. The second-order valence-electron chi connectivity index (χ2n) is 4.89. The minimum Gasteiger partial charge on any atom is -0.349 e. The maximum Gasteiger partial charge on any atom is 0.239 e. The largest absolute Gasteiger partial charge is 0.349 e. The highest BCUT2D eigenvalue weighted by Crippen LogP contribution is 1.99. The molecule has 0 aromatic carbocycles. The number of carbonyl (C=O) groups is 2. The fraction of sp³-hybridized carbons (Fsp3) is 0.500. The van der Waals surface area contributed by atoms with E-state index < -0.39 is 0 Å². The lowest BCUT2D eigenvalue weighted by Crippen LogP contribution is -2.41. The number of nitrogens with one attached hydrogen (secondary N) is 1. The molecule has 19 heavy (non-hydrogen) atoms. The molecule has 0 aliphatic rings. The first kappa shape index (κ1) is 15.1. The van der Waals surface area contributed by atoms with E-state index in [2.05, 4.69) is 10.3 Å². The maximum atomic E-state index is 11.8. The van der Waals surface area contributed by atoms with Gasteiger partial charge in [-0.15, -0.1) is 0 Å². The van der Waals surface area contributed by atoms with Gasteiger partial charge in [-0.1, -0.05) is 19.9 Å². The highest BCUT2D eigenvalue weighted by molar-refractivity contribution is 5.83. The van der Waals surface area contributed by atoms with Gasteiger partial charge in [0.15, 0.2) is 0 Å². The molecule has 0 bridgehead atoms. The van der Waals surface area contributed by atoms with Gasteiger partial charge in [0, 0.05) is 19.7 Å². The van der Waals surface area contributed by atoms with E-state index in [-0.39, 0.29) is 18.4 Å². The highest BCUT2D eigenvalue weighted by atomic mass is 16.2. The Hall–Kier alpha value is -1.91. The fourth-order valence-corrected chi connectivity index (χ4v) is 1.67. The third-order valence-corrected chi connectivity index (χ3v) is 2.56. The van der Waals surface area contributed by atoms with Crippen molar-refractivity contribution in [3.63, 3.8) is 0 Å². The van der Waals surface area contributed by atoms with Crippen LogP contribution in [0.15, 0.2) is 24.4 Å². The van der Waals surface area contributed by atoms with Crippen LogP contribution in [-0.2, 0) is 16.1 Å². The van der Waals surface area contributed by atoms with Crippen LogP contribution >= 0.6 is 0 Å². The number of hydrogen-bond acceptors (Lipinski definition) is 3. The number of nitrogens with zero attached hydrogens (tertiary/aromatic N) is 2. The predicted molar refractivity (Wildman–Crippen MR) is 73.2 cm³/mol. The molecule has 1 heterocycles. The molecule has 0 saturated heterocycles. The average Bonchev–Trinajstić information content (AvgIpc) is 2.36. The average molecular weight is 263 g/mol. The second-order valence-corrected chi connectivity index (χ2v) is 4.89. The number of pyridine rings is 1. The van der Waals surface area contributed by atoms with E-state index in [1.54, 1.807) is 11.1 Å². The van der Waals surface area contributed by atoms with Gasteiger partial charge in [0.1, 0.15) is 0 Å². The van der Waals surface area contributed by atoms with Crippen molar-refractivity contribution in [2.24, 2.45) is 5.92 Å². The number of carbonyl (C=O) groups excluding carboxylic acids is 2. The zero-order chi connectivity index (χ0) is 14.3. The number of amides is 2. The van der Waals surface area contributed by atoms with Crippen molar-refractivity contribution in [1.82, 2.24) is 15.2 Å². The van der Waals surface area contributed by atoms with Gasteiger partial charge in [-0.3, -0.25) is 14.6 Å². The molecule has 0 aliphatic carbocycles. The minimum absolute atomic E-state index is 0.0818. The van der Waals surface area contributed by atoms with E-state index in [0.29, 0.717) is 19.0 Å². The Balaban J connectivity index is 2.42. The molecule has 0 spiro atoms. The van der Waals surface area contributed by atoms with E-state index in [0.717, 1.165) is 5.69 Å². The van der Waals surface area contributed by atoms with Gasteiger partial charge in [-0.2, -0.15) is 0 Å². The van der Waals surface area contributed by atoms with Crippen molar-refractivity contribution in [3.8, 4) is 0 Å². The van der Waals surface area contributed by atoms with E-state index in [9.17, 15) is 9.59 Å². The normalized spacial score (nSPS) is 10.3. The lowest BCUT2D eigenvalue weighted by atomic mass is 10.2. The van der Waals surface area contributed by atoms with Crippen LogP contribution in [0.2, 0.25) is 0 Å². The molecule has 0 aliphatic heterocycles. The van der Waals surface area contributed by atoms with Crippen molar-refractivity contribution < 1.29 is 9.59 Å². The molecular formula is C14H21N3O2. The molecule has 0 fully saturated rings. The number of rotatable bonds is 6. The Morgan fingerprint density at radius 2 is 2.11 bits per heavy atom. The van der Waals surface area contributed by atoms with Crippen LogP contribution in [0.3, 0.4) is 0 Å². The molecule has 104 valence electrons. The van der Waals surface area contributed by atoms with Crippen molar-refractivity contribution in [2.75, 3.05) is 13.1 Å². The van der Waals surface area contributed by atoms with Crippen LogP contribution in [0.5, 0.6) is 0 Å². The third-order valence-electron chi connectivity index (χ3n) is 2.56. The van der Waals surface area contributed by atoms with Crippen LogP contribution in [0.4, 0.5) is 0 Å². The summed E-state index contributed by atoms with van der Waals surface area (Å²) in [6, 6.07) is 5.54. The summed E-state index contributed by atoms with van der Waals surface area (Å²) < 4.78 is 0. The molecule has 0 saturated carbocycles. The molecule has 1 rings (SSSR count). The van der Waals surface area contributed by atoms with Crippen molar-refractivity contribution in [2.45, 2.75) is 27.3 Å². The van der Waals surface area contributed by atoms with Crippen LogP contribution in [0.1, 0.15) is 26.5 Å². The van der Waals surface area contributed by atoms with Crippen LogP contribution in [0.25, 0.3) is 0 Å². The molecule has 2 amide bonds. The molecule has 5 heteroatoms. The predicted octanol–water partition coefficient (Wildman–Crippen LogP) is 1.20. The Morgan fingerprint density at radius 3 is 2.63 bits per heavy atom. The van der Waals surface area contributed by atoms with Crippen LogP contribution in [-0.4, -0.2) is 34.8 Å². The lowest BCUT2D eigenvalue weighted by molar-refractivity contribution is -0.134. The Kier molecular flexibility index (Phi) is 5.99. The smallest absolute Gasteiger partial charge is 0.239 e. The fourth-order valence-electron chi connectivity index (χ4n) is 1.67. The molecule has 1 aromatic rings. The van der Waals surface area contributed by atoms with Gasteiger partial charge >= 0.3 is 0 Å². The van der Waals surface area contributed by atoms with Gasteiger partial charge in [-0.05, 0) is 18.1 Å². The standard InChI is InChI=1S/C14H21N3O2/c1-11(2)9-17(12(3)18)10-14(19)16-8-13-6-4-5-7-15-13/h4-7,11H,8-10H2,1-3H3,(H,16,19). The first-order valence-corrected chi connectivity index (χ1v) is 6.41. The Labute approximate surface area is 114 Å². The first-order chi connectivity index (χ1) is 8.99. The van der Waals surface area contributed by atoms with Crippen molar-refractivity contribution in [1.29, 1.82) is 0 Å². The summed E-state index contributed by atoms with van der Waals surface area (Å²) in [5.41, 5.74) is 0.800. The summed E-state index contributed by atoms with van der Waals surface area (Å²) >= 11 is 0. The molecule has 1 N–H and O–H groups in total. The Morgan fingerprint density at radius 1 is 1.37 bits per heavy atom. The van der Waals surface area contributed by atoms with Crippen molar-refractivity contribution in [3.05, 3.63) is 30.1 Å². The van der Waals surface area contributed by atoms with E-state index in [4.69, 9.17) is 0 Å². The second kappa shape index (κ2) is 7.51. The summed E-state index contributed by atoms with van der Waals surface area (Å²) in [6.07, 6.45) is 1.68. The Bertz CT molecular complexity index is 418. The summed E-state index contributed by atoms with van der Waals surface area (Å²) in [4.78, 5) is 28.9. The highest BCUT2D eigenvalue weighted by Gasteiger charge is 2.14. The third kappa shape index (κ3) is 5.99. The summed E-state index contributed by atoms with van der Waals surface area (Å²) in [6.45, 7) is 6.58. The van der Waals surface area contributed by atoms with Crippen LogP contribution in [0, 0.1) is 5.92 Å². The van der Waals surface area contributed by atoms with E-state index in [1.165, 1.54) is 6.92 Å². The van der Waals surface area contributed by atoms with Gasteiger partial charge in [0.05, 0.1) is 18.8 Å². The zero-order valence-corrected chi connectivity index (χ0v) is 11.7. The summed E-state index contributed by atoms with van der Waals surface area (Å²) in [7, 11) is 0. The molecule has 5 nitrogen and oxygen atoms in total. The van der Waals surface area contributed by atoms with E-state index in [1.807, 2.05) is 32.0 Å². The van der Waals surface area contributed by atoms with Gasteiger partial charge in [0.25, 0.3) is 0 Å². The van der Waals surface area contributed by atoms with Gasteiger partial charge in [-0.25, -0.2) is 0 Å². The topological polar surface area (TPSA) is 62.3 Å². The lowest BCUT2D eigenvalue weighted by Gasteiger charge is -2.22. The SMILES string of the molecule is CC(=O)N(CC(=O)NCc1ccccn1)CC(C)C. The zero-order valence-electron chi connectivity index (χ0n) is 11.7. The number of aromatic nitrogens is 1. The minimum atomic E-state index is -0.165. The maximum absolute atomic E-state index is 11.8. The summed E-state index contributed by atoms with van der Waals surface area (Å²) in [5.74, 6) is 0.0932. The first-order valence-electron chi connectivity index (χ1n) is 6.41. The van der Waals surface area contributed by atoms with Gasteiger partial charge < -0.3 is 10.2 Å². The summed E-state index contributed by atoms with van der Waals surface area (Å²) in [5, 5.41) is 2.76. The monoisotopic (exact) mass is 263 g/mol. The molecular weight excluding hydrogens is 242 g/mol. The molecule has 0 radical (unpaired) electrons. The van der Waals surface area contributed by atoms with E-state index >= 15 is 0 Å². The number of hydrogen-bond donors (Lipinski definition) is 1. The molecule has 0 unspecified atom stereocenters. The molecule has 1 aromatic heterocycles. The quantitative estimate of drug-likeness (QED) is 0.839.